The Morgan fingerprint density at radius 3 is 2.43 bits per heavy atom. The molecule has 1 aliphatic carbocycles. The van der Waals surface area contributed by atoms with Gasteiger partial charge in [-0.15, -0.1) is 0 Å². The van der Waals surface area contributed by atoms with Crippen LogP contribution in [0.4, 0.5) is 0 Å². The van der Waals surface area contributed by atoms with Crippen LogP contribution < -0.4 is 0 Å². The van der Waals surface area contributed by atoms with Gasteiger partial charge in [0.25, 0.3) is 0 Å². The summed E-state index contributed by atoms with van der Waals surface area (Å²) in [4.78, 5) is 11.6. The van der Waals surface area contributed by atoms with Gasteiger partial charge < -0.3 is 4.74 Å². The molecular weight excluding hydrogens is 176 g/mol. The molecule has 0 aliphatic heterocycles. The maximum absolute atomic E-state index is 11.6. The molecule has 0 heterocycles. The second kappa shape index (κ2) is 6.86. The fraction of sp³-hybridized carbons (Fsp3) is 0.833. The van der Waals surface area contributed by atoms with Gasteiger partial charge in [-0.05, 0) is 19.3 Å². The Morgan fingerprint density at radius 2 is 1.86 bits per heavy atom. The largest absolute Gasteiger partial charge is 0.465 e. The molecule has 1 radical (unpaired) electrons. The highest BCUT2D eigenvalue weighted by Crippen LogP contribution is 2.23. The first-order chi connectivity index (χ1) is 6.84. The second-order valence-corrected chi connectivity index (χ2v) is 4.06. The van der Waals surface area contributed by atoms with E-state index in [0.717, 1.165) is 25.7 Å². The van der Waals surface area contributed by atoms with Gasteiger partial charge in [0, 0.05) is 0 Å². The smallest absolute Gasteiger partial charge is 0.308 e. The Kier molecular flexibility index (Phi) is 5.65. The zero-order chi connectivity index (χ0) is 10.2. The third-order valence-electron chi connectivity index (χ3n) is 2.83. The van der Waals surface area contributed by atoms with Crippen LogP contribution in [0.1, 0.15) is 51.4 Å². The number of esters is 1. The highest BCUT2D eigenvalue weighted by Gasteiger charge is 2.20. The van der Waals surface area contributed by atoms with Gasteiger partial charge in [0.15, 0.2) is 0 Å². The van der Waals surface area contributed by atoms with Crippen LogP contribution in [0.2, 0.25) is 0 Å². The summed E-state index contributed by atoms with van der Waals surface area (Å²) in [6, 6.07) is 0. The first-order valence-electron chi connectivity index (χ1n) is 5.80. The summed E-state index contributed by atoms with van der Waals surface area (Å²) in [5.74, 6) is 0.211. The minimum atomic E-state index is 0.0281. The number of carbonyl (C=O) groups is 1. The lowest BCUT2D eigenvalue weighted by Crippen LogP contribution is -2.17. The molecule has 0 spiro atoms. The number of carbonyl (C=O) groups excluding carboxylic acids is 1. The highest BCUT2D eigenvalue weighted by atomic mass is 16.5. The molecule has 0 unspecified atom stereocenters. The van der Waals surface area contributed by atoms with Crippen LogP contribution in [-0.4, -0.2) is 12.6 Å². The van der Waals surface area contributed by atoms with E-state index in [4.69, 9.17) is 4.74 Å². The van der Waals surface area contributed by atoms with Gasteiger partial charge in [0.05, 0.1) is 12.5 Å². The molecule has 1 fully saturated rings. The van der Waals surface area contributed by atoms with E-state index in [9.17, 15) is 4.79 Å². The average Bonchev–Trinajstić information content (AvgIpc) is 2.46. The Balaban J connectivity index is 2.20. The third-order valence-corrected chi connectivity index (χ3v) is 2.83. The van der Waals surface area contributed by atoms with Crippen molar-refractivity contribution in [1.82, 2.24) is 0 Å². The predicted molar refractivity (Wildman–Crippen MR) is 56.7 cm³/mol. The van der Waals surface area contributed by atoms with Gasteiger partial charge in [-0.2, -0.15) is 0 Å². The van der Waals surface area contributed by atoms with Crippen LogP contribution in [0.3, 0.4) is 0 Å². The van der Waals surface area contributed by atoms with Crippen molar-refractivity contribution in [2.24, 2.45) is 5.92 Å². The summed E-state index contributed by atoms with van der Waals surface area (Å²) in [5.41, 5.74) is 0. The van der Waals surface area contributed by atoms with Gasteiger partial charge in [0.1, 0.15) is 0 Å². The molecule has 14 heavy (non-hydrogen) atoms. The highest BCUT2D eigenvalue weighted by molar-refractivity contribution is 5.72. The Hall–Kier alpha value is -0.530. The summed E-state index contributed by atoms with van der Waals surface area (Å²) in [5, 5.41) is 0. The lowest BCUT2D eigenvalue weighted by molar-refractivity contribution is -0.149. The number of ether oxygens (including phenoxy) is 1. The van der Waals surface area contributed by atoms with E-state index in [0.29, 0.717) is 6.61 Å². The van der Waals surface area contributed by atoms with Crippen LogP contribution in [0.5, 0.6) is 0 Å². The molecule has 0 aromatic heterocycles. The number of rotatable bonds is 4. The molecular formula is C12H21O2. The standard InChI is InChI=1S/C12H21O2/c1-2-3-10-14-12(13)11-8-6-4-5-7-9-11/h11H,1-10H2. The van der Waals surface area contributed by atoms with E-state index in [2.05, 4.69) is 6.92 Å². The first-order valence-corrected chi connectivity index (χ1v) is 5.80. The quantitative estimate of drug-likeness (QED) is 0.393. The molecule has 0 aromatic carbocycles. The first kappa shape index (κ1) is 11.5. The van der Waals surface area contributed by atoms with Crippen molar-refractivity contribution >= 4 is 5.97 Å². The molecule has 0 aromatic rings. The maximum Gasteiger partial charge on any atom is 0.308 e. The van der Waals surface area contributed by atoms with E-state index in [1.54, 1.807) is 0 Å². The normalized spacial score (nSPS) is 18.9. The van der Waals surface area contributed by atoms with Gasteiger partial charge in [-0.25, -0.2) is 0 Å². The lowest BCUT2D eigenvalue weighted by atomic mass is 10.0. The van der Waals surface area contributed by atoms with Crippen LogP contribution in [0.15, 0.2) is 0 Å². The average molecular weight is 197 g/mol. The second-order valence-electron chi connectivity index (χ2n) is 4.06. The van der Waals surface area contributed by atoms with E-state index in [1.165, 1.54) is 25.7 Å². The van der Waals surface area contributed by atoms with Crippen molar-refractivity contribution in [3.63, 3.8) is 0 Å². The molecule has 2 heteroatoms. The van der Waals surface area contributed by atoms with Crippen LogP contribution >= 0.6 is 0 Å². The molecule has 1 saturated carbocycles. The fourth-order valence-electron chi connectivity index (χ4n) is 1.91. The number of hydrogen-bond donors (Lipinski definition) is 0. The molecule has 0 atom stereocenters. The zero-order valence-corrected chi connectivity index (χ0v) is 8.96. The van der Waals surface area contributed by atoms with Crippen LogP contribution in [0, 0.1) is 12.8 Å². The summed E-state index contributed by atoms with van der Waals surface area (Å²) in [6.07, 6.45) is 8.73. The minimum Gasteiger partial charge on any atom is -0.465 e. The van der Waals surface area contributed by atoms with E-state index in [1.807, 2.05) is 0 Å². The maximum atomic E-state index is 11.6. The molecule has 0 amide bonds. The summed E-state index contributed by atoms with van der Waals surface area (Å²) < 4.78 is 5.20. The van der Waals surface area contributed by atoms with Crippen LogP contribution in [-0.2, 0) is 9.53 Å². The molecule has 0 bridgehead atoms. The zero-order valence-electron chi connectivity index (χ0n) is 8.96. The predicted octanol–water partition coefficient (Wildman–Crippen LogP) is 3.11. The van der Waals surface area contributed by atoms with Crippen molar-refractivity contribution < 1.29 is 9.53 Å². The van der Waals surface area contributed by atoms with Crippen molar-refractivity contribution in [3.8, 4) is 0 Å². The SMILES string of the molecule is [CH2]CCCOC(=O)C1CCCCCC1. The van der Waals surface area contributed by atoms with Crippen LogP contribution in [0.25, 0.3) is 0 Å². The van der Waals surface area contributed by atoms with Gasteiger partial charge in [0.2, 0.25) is 0 Å². The third kappa shape index (κ3) is 4.12. The Labute approximate surface area is 87.0 Å². The number of hydrogen-bond acceptors (Lipinski definition) is 2. The molecule has 0 N–H and O–H groups in total. The summed E-state index contributed by atoms with van der Waals surface area (Å²) in [6.45, 7) is 4.27. The minimum absolute atomic E-state index is 0.0281. The topological polar surface area (TPSA) is 26.3 Å². The summed E-state index contributed by atoms with van der Waals surface area (Å²) in [7, 11) is 0. The van der Waals surface area contributed by atoms with Gasteiger partial charge >= 0.3 is 5.97 Å². The lowest BCUT2D eigenvalue weighted by Gasteiger charge is -2.12. The van der Waals surface area contributed by atoms with E-state index >= 15 is 0 Å². The molecule has 2 nitrogen and oxygen atoms in total. The summed E-state index contributed by atoms with van der Waals surface area (Å²) >= 11 is 0. The van der Waals surface area contributed by atoms with Crippen molar-refractivity contribution in [2.45, 2.75) is 51.4 Å². The molecule has 81 valence electrons. The Morgan fingerprint density at radius 1 is 1.21 bits per heavy atom. The molecule has 1 rings (SSSR count). The van der Waals surface area contributed by atoms with Gasteiger partial charge in [-0.1, -0.05) is 39.0 Å². The van der Waals surface area contributed by atoms with Gasteiger partial charge in [-0.3, -0.25) is 4.79 Å². The van der Waals surface area contributed by atoms with E-state index < -0.39 is 0 Å². The van der Waals surface area contributed by atoms with Crippen molar-refractivity contribution in [2.75, 3.05) is 6.61 Å². The fourth-order valence-corrected chi connectivity index (χ4v) is 1.91. The molecule has 0 saturated heterocycles. The van der Waals surface area contributed by atoms with Crippen molar-refractivity contribution in [3.05, 3.63) is 6.92 Å². The monoisotopic (exact) mass is 197 g/mol. The molecule has 1 aliphatic rings. The Bertz CT molecular complexity index is 158. The van der Waals surface area contributed by atoms with E-state index in [-0.39, 0.29) is 11.9 Å². The van der Waals surface area contributed by atoms with Crippen molar-refractivity contribution in [1.29, 1.82) is 0 Å². The number of unbranched alkanes of at least 4 members (excludes halogenated alkanes) is 1.